The van der Waals surface area contributed by atoms with Crippen LogP contribution in [0.5, 0.6) is 6.01 Å². The Morgan fingerprint density at radius 1 is 0.951 bits per heavy atom. The zero-order valence-electron chi connectivity index (χ0n) is 24.5. The number of hydrogen-bond acceptors (Lipinski definition) is 8. The molecule has 0 spiro atoms. The third kappa shape index (κ3) is 6.51. The van der Waals surface area contributed by atoms with Gasteiger partial charge in [-0.3, -0.25) is 14.4 Å². The number of amides is 1. The van der Waals surface area contributed by atoms with E-state index in [0.29, 0.717) is 36.1 Å². The first-order chi connectivity index (χ1) is 19.3. The number of hydrogen-bond donors (Lipinski definition) is 0. The van der Waals surface area contributed by atoms with E-state index in [1.807, 2.05) is 45.0 Å². The van der Waals surface area contributed by atoms with Gasteiger partial charge in [0.2, 0.25) is 0 Å². The van der Waals surface area contributed by atoms with E-state index < -0.39 is 17.7 Å². The van der Waals surface area contributed by atoms with Crippen molar-refractivity contribution in [1.29, 1.82) is 0 Å². The Labute approximate surface area is 239 Å². The fraction of sp³-hybridized carbons (Fsp3) is 0.375. The molecule has 0 saturated heterocycles. The molecule has 2 aromatic carbocycles. The van der Waals surface area contributed by atoms with Gasteiger partial charge in [0, 0.05) is 36.4 Å². The van der Waals surface area contributed by atoms with Gasteiger partial charge in [-0.2, -0.15) is 4.98 Å². The van der Waals surface area contributed by atoms with Crippen LogP contribution in [0.4, 0.5) is 4.79 Å². The van der Waals surface area contributed by atoms with Gasteiger partial charge in [0.15, 0.2) is 17.3 Å². The second-order valence-electron chi connectivity index (χ2n) is 11.2. The molecule has 1 amide bonds. The van der Waals surface area contributed by atoms with Gasteiger partial charge in [0.25, 0.3) is 0 Å². The van der Waals surface area contributed by atoms with Crippen LogP contribution < -0.4 is 4.74 Å². The Morgan fingerprint density at radius 2 is 1.59 bits per heavy atom. The lowest BCUT2D eigenvalue weighted by molar-refractivity contribution is 0.0141. The van der Waals surface area contributed by atoms with Crippen LogP contribution in [0.3, 0.4) is 0 Å². The van der Waals surface area contributed by atoms with Gasteiger partial charge >= 0.3 is 12.1 Å². The molecular formula is C32H35N3O6. The molecule has 1 aliphatic heterocycles. The van der Waals surface area contributed by atoms with Crippen molar-refractivity contribution in [3.63, 3.8) is 0 Å². The minimum absolute atomic E-state index is 0.117. The summed E-state index contributed by atoms with van der Waals surface area (Å²) in [4.78, 5) is 60.5. The lowest BCUT2D eigenvalue weighted by atomic mass is 9.84. The number of ether oxygens (including phenoxy) is 2. The summed E-state index contributed by atoms with van der Waals surface area (Å²) in [5.41, 5.74) is 4.37. The third-order valence-electron chi connectivity index (χ3n) is 7.00. The van der Waals surface area contributed by atoms with Crippen LogP contribution in [0.1, 0.15) is 95.5 Å². The van der Waals surface area contributed by atoms with Crippen LogP contribution in [0.2, 0.25) is 0 Å². The van der Waals surface area contributed by atoms with Crippen LogP contribution in [-0.2, 0) is 17.6 Å². The smallest absolute Gasteiger partial charge is 0.410 e. The number of fused-ring (bicyclic) bond motifs is 1. The van der Waals surface area contributed by atoms with Gasteiger partial charge in [-0.05, 0) is 81.8 Å². The van der Waals surface area contributed by atoms with E-state index in [4.69, 9.17) is 9.47 Å². The first-order valence-electron chi connectivity index (χ1n) is 13.5. The van der Waals surface area contributed by atoms with Crippen molar-refractivity contribution in [1.82, 2.24) is 14.9 Å². The lowest BCUT2D eigenvalue weighted by Gasteiger charge is -2.38. The molecule has 0 N–H and O–H groups in total. The molecule has 1 atom stereocenters. The molecule has 1 aliphatic rings. The van der Waals surface area contributed by atoms with Gasteiger partial charge in [0.1, 0.15) is 11.3 Å². The maximum absolute atomic E-state index is 13.3. The number of benzene rings is 2. The molecule has 4 rings (SSSR count). The number of Topliss-reactive ketones (excluding diaryl/α,β-unsaturated/α-hetero) is 3. The van der Waals surface area contributed by atoms with Crippen molar-refractivity contribution < 1.29 is 28.7 Å². The molecule has 0 radical (unpaired) electrons. The minimum Gasteiger partial charge on any atom is -0.467 e. The average Bonchev–Trinajstić information content (AvgIpc) is 2.91. The number of nitrogens with zero attached hydrogens (tertiary/aromatic N) is 3. The molecule has 214 valence electrons. The van der Waals surface area contributed by atoms with E-state index in [0.717, 1.165) is 22.3 Å². The highest BCUT2D eigenvalue weighted by Crippen LogP contribution is 2.36. The molecule has 1 unspecified atom stereocenters. The van der Waals surface area contributed by atoms with Crippen molar-refractivity contribution in [3.05, 3.63) is 76.1 Å². The topological polar surface area (TPSA) is 116 Å². The second kappa shape index (κ2) is 11.6. The van der Waals surface area contributed by atoms with Gasteiger partial charge in [0.05, 0.1) is 13.2 Å². The monoisotopic (exact) mass is 557 g/mol. The van der Waals surface area contributed by atoms with Gasteiger partial charge in [-0.25, -0.2) is 9.78 Å². The quantitative estimate of drug-likeness (QED) is 0.333. The highest BCUT2D eigenvalue weighted by atomic mass is 16.6. The minimum atomic E-state index is -0.679. The van der Waals surface area contributed by atoms with Crippen LogP contribution >= 0.6 is 0 Å². The molecule has 0 saturated carbocycles. The van der Waals surface area contributed by atoms with Crippen LogP contribution in [-0.4, -0.2) is 57.6 Å². The van der Waals surface area contributed by atoms with Crippen molar-refractivity contribution in [3.8, 4) is 17.1 Å². The lowest BCUT2D eigenvalue weighted by Crippen LogP contribution is -2.44. The summed E-state index contributed by atoms with van der Waals surface area (Å²) in [6, 6.07) is 10.9. The molecule has 41 heavy (non-hydrogen) atoms. The van der Waals surface area contributed by atoms with Gasteiger partial charge in [-0.1, -0.05) is 24.3 Å². The maximum Gasteiger partial charge on any atom is 0.410 e. The van der Waals surface area contributed by atoms with E-state index in [9.17, 15) is 19.2 Å². The highest BCUT2D eigenvalue weighted by Gasteiger charge is 2.35. The largest absolute Gasteiger partial charge is 0.467 e. The standard InChI is InChI=1S/C32H35N3O6/c1-18(36)24-15-23-12-13-35(31(39)41-32(4,5)6)28(26(23)16-25(24)19(2)37)14-21-8-10-22(11-9-21)27-17-33-30(40-7)34-29(27)20(3)38/h8-11,15-17,28H,12-14H2,1-7H3. The van der Waals surface area contributed by atoms with E-state index >= 15 is 0 Å². The number of carbonyl (C=O) groups excluding carboxylic acids is 4. The summed E-state index contributed by atoms with van der Waals surface area (Å²) in [6.07, 6.45) is 2.11. The summed E-state index contributed by atoms with van der Waals surface area (Å²) in [5.74, 6) is -0.589. The SMILES string of the molecule is COc1ncc(-c2ccc(CC3c4cc(C(C)=O)c(C(C)=O)cc4CCN3C(=O)OC(C)(C)C)cc2)c(C(C)=O)n1. The first-order valence-corrected chi connectivity index (χ1v) is 13.5. The highest BCUT2D eigenvalue weighted by molar-refractivity contribution is 6.07. The molecule has 0 aliphatic carbocycles. The number of carbonyl (C=O) groups is 4. The molecule has 9 heteroatoms. The predicted octanol–water partition coefficient (Wildman–Crippen LogP) is 5.84. The van der Waals surface area contributed by atoms with Gasteiger partial charge in [-0.15, -0.1) is 0 Å². The summed E-state index contributed by atoms with van der Waals surface area (Å²) < 4.78 is 10.8. The third-order valence-corrected chi connectivity index (χ3v) is 7.00. The first kappa shape index (κ1) is 29.6. The molecule has 1 aromatic heterocycles. The number of methoxy groups -OCH3 is 1. The molecule has 9 nitrogen and oxygen atoms in total. The maximum atomic E-state index is 13.3. The van der Waals surface area contributed by atoms with E-state index in [-0.39, 0.29) is 29.1 Å². The summed E-state index contributed by atoms with van der Waals surface area (Å²) >= 11 is 0. The Morgan fingerprint density at radius 3 is 2.15 bits per heavy atom. The molecular weight excluding hydrogens is 522 g/mol. The molecule has 3 aromatic rings. The fourth-order valence-corrected chi connectivity index (χ4v) is 5.08. The Kier molecular flexibility index (Phi) is 8.37. The zero-order valence-corrected chi connectivity index (χ0v) is 24.5. The average molecular weight is 558 g/mol. The summed E-state index contributed by atoms with van der Waals surface area (Å²) in [7, 11) is 1.44. The predicted molar refractivity (Wildman–Crippen MR) is 154 cm³/mol. The van der Waals surface area contributed by atoms with E-state index in [1.165, 1.54) is 27.9 Å². The fourth-order valence-electron chi connectivity index (χ4n) is 5.08. The van der Waals surface area contributed by atoms with E-state index in [1.54, 1.807) is 23.2 Å². The Hall–Kier alpha value is -4.40. The summed E-state index contributed by atoms with van der Waals surface area (Å²) in [6.45, 7) is 10.2. The number of ketones is 3. The molecule has 2 heterocycles. The van der Waals surface area contributed by atoms with Crippen molar-refractivity contribution >= 4 is 23.4 Å². The van der Waals surface area contributed by atoms with Gasteiger partial charge < -0.3 is 14.4 Å². The second-order valence-corrected chi connectivity index (χ2v) is 11.2. The number of rotatable bonds is 7. The van der Waals surface area contributed by atoms with Crippen LogP contribution in [0, 0.1) is 0 Å². The number of aromatic nitrogens is 2. The van der Waals surface area contributed by atoms with Crippen molar-refractivity contribution in [2.24, 2.45) is 0 Å². The van der Waals surface area contributed by atoms with Crippen LogP contribution in [0.15, 0.2) is 42.6 Å². The zero-order chi connectivity index (χ0) is 30.1. The molecule has 0 fully saturated rings. The van der Waals surface area contributed by atoms with Crippen molar-refractivity contribution in [2.45, 2.75) is 66.0 Å². The van der Waals surface area contributed by atoms with E-state index in [2.05, 4.69) is 9.97 Å². The van der Waals surface area contributed by atoms with Crippen molar-refractivity contribution in [2.75, 3.05) is 13.7 Å². The Balaban J connectivity index is 1.75. The van der Waals surface area contributed by atoms with Crippen LogP contribution in [0.25, 0.3) is 11.1 Å². The normalized spacial score (nSPS) is 14.7. The Bertz CT molecular complexity index is 1520. The summed E-state index contributed by atoms with van der Waals surface area (Å²) in [5, 5.41) is 0. The molecule has 0 bridgehead atoms.